The van der Waals surface area contributed by atoms with Crippen molar-refractivity contribution < 1.29 is 28.7 Å². The Labute approximate surface area is 532 Å². The molecular formula is C72H99FN12O5. The van der Waals surface area contributed by atoms with E-state index in [1.807, 2.05) is 14.7 Å². The molecule has 24 rings (SSSR count). The van der Waals surface area contributed by atoms with Crippen molar-refractivity contribution in [2.45, 2.75) is 283 Å². The highest BCUT2D eigenvalue weighted by Gasteiger charge is 2.68. The molecular weight excluding hydrogens is 1130 g/mol. The number of hydrogen-bond donors (Lipinski definition) is 5. The van der Waals surface area contributed by atoms with Crippen LogP contribution in [0.3, 0.4) is 0 Å². The van der Waals surface area contributed by atoms with E-state index in [4.69, 9.17) is 49.2 Å². The minimum atomic E-state index is -1.09. The SMILES string of the molecule is [C-]#[N+][C@@H]1C[C@@H]2C[C@@H]2N1C(=O)[C@@H](N)C12CC3CC(CC(C3)C1)C2.[C-]#[N+][C@@H]1C[C@@H]2C[C@@H]2N1C(=O)[C@@H](N)C12CC3CC(CC(F)(C3)C1)C2.[C-]#[N+][C@@H]1C[C@@H]2C[C@@H]2N1C(=O)[C@@H](N)C12CC3CC(CC(O)(C3)C1)C2.[C-]#[N+][C@@H]1C[C@@H]2C[C@@H]2N1C(=O)[C@@H](N)C1C2CC3CC(C2)CC1C3. The first kappa shape index (κ1) is 59.3. The predicted octanol–water partition coefficient (Wildman–Crippen LogP) is 8.65. The highest BCUT2D eigenvalue weighted by Crippen LogP contribution is 2.67. The average Bonchev–Trinajstić information content (AvgIpc) is 1.38. The molecule has 20 atom stereocenters. The molecule has 18 heteroatoms. The van der Waals surface area contributed by atoms with Gasteiger partial charge in [-0.1, -0.05) is 0 Å². The molecule has 16 bridgehead atoms. The lowest BCUT2D eigenvalue weighted by molar-refractivity contribution is -0.177. The number of nitrogens with two attached hydrogens (primary N) is 4. The Morgan fingerprint density at radius 1 is 0.367 bits per heavy atom. The Bertz CT molecular complexity index is 2970. The van der Waals surface area contributed by atoms with Crippen LogP contribution in [0.4, 0.5) is 4.39 Å². The zero-order valence-corrected chi connectivity index (χ0v) is 52.9. The van der Waals surface area contributed by atoms with E-state index in [9.17, 15) is 24.3 Å². The third-order valence-electron chi connectivity index (χ3n) is 29.9. The van der Waals surface area contributed by atoms with Crippen LogP contribution in [0, 0.1) is 137 Å². The topological polar surface area (TPSA) is 223 Å². The van der Waals surface area contributed by atoms with Gasteiger partial charge >= 0.3 is 24.7 Å². The first-order valence-corrected chi connectivity index (χ1v) is 36.3. The van der Waals surface area contributed by atoms with E-state index in [1.54, 1.807) is 4.90 Å². The van der Waals surface area contributed by atoms with Crippen LogP contribution in [-0.4, -0.2) is 133 Å². The van der Waals surface area contributed by atoms with E-state index in [1.165, 1.54) is 57.8 Å². The quantitative estimate of drug-likeness (QED) is 0.147. The van der Waals surface area contributed by atoms with E-state index in [-0.39, 0.29) is 88.7 Å². The predicted molar refractivity (Wildman–Crippen MR) is 331 cm³/mol. The fourth-order valence-corrected chi connectivity index (χ4v) is 27.4. The zero-order chi connectivity index (χ0) is 62.0. The lowest BCUT2D eigenvalue weighted by Gasteiger charge is -2.61. The number of nitrogens with zero attached hydrogens (tertiary/aromatic N) is 8. The van der Waals surface area contributed by atoms with Gasteiger partial charge in [0.15, 0.2) is 0 Å². The van der Waals surface area contributed by atoms with E-state index in [2.05, 4.69) is 19.4 Å². The van der Waals surface area contributed by atoms with E-state index < -0.39 is 23.4 Å². The van der Waals surface area contributed by atoms with Crippen LogP contribution >= 0.6 is 0 Å². The van der Waals surface area contributed by atoms with Crippen LogP contribution in [0.5, 0.6) is 0 Å². The van der Waals surface area contributed by atoms with Crippen molar-refractivity contribution >= 4 is 23.6 Å². The van der Waals surface area contributed by atoms with Crippen molar-refractivity contribution in [3.05, 3.63) is 45.7 Å². The molecule has 17 nitrogen and oxygen atoms in total. The van der Waals surface area contributed by atoms with Gasteiger partial charge in [-0.25, -0.2) is 30.7 Å². The fourth-order valence-electron chi connectivity index (χ4n) is 27.4. The number of amides is 4. The average molecular weight is 1230 g/mol. The number of carbonyl (C=O) groups excluding carboxylic acids is 4. The van der Waals surface area contributed by atoms with Crippen molar-refractivity contribution in [2.75, 3.05) is 0 Å². The molecule has 24 fully saturated rings. The van der Waals surface area contributed by atoms with Gasteiger partial charge in [-0.2, -0.15) is 0 Å². The molecule has 4 heterocycles. The van der Waals surface area contributed by atoms with Gasteiger partial charge in [-0.05, 0) is 284 Å². The zero-order valence-electron chi connectivity index (χ0n) is 52.9. The maximum absolute atomic E-state index is 15.1. The summed E-state index contributed by atoms with van der Waals surface area (Å²) in [6.45, 7) is 29.5. The van der Waals surface area contributed by atoms with Crippen LogP contribution < -0.4 is 22.9 Å². The molecule has 9 N–H and O–H groups in total. The summed E-state index contributed by atoms with van der Waals surface area (Å²) in [5.74, 6) is 10.2. The molecule has 0 aromatic carbocycles. The highest BCUT2D eigenvalue weighted by molar-refractivity contribution is 5.86. The van der Waals surface area contributed by atoms with Gasteiger partial charge in [0.2, 0.25) is 23.6 Å². The summed E-state index contributed by atoms with van der Waals surface area (Å²) < 4.78 is 15.1. The third kappa shape index (κ3) is 9.53. The van der Waals surface area contributed by atoms with Crippen molar-refractivity contribution in [1.82, 2.24) is 19.6 Å². The van der Waals surface area contributed by atoms with Crippen LogP contribution in [0.2, 0.25) is 0 Å². The van der Waals surface area contributed by atoms with Gasteiger partial charge in [-0.3, -0.25) is 58.2 Å². The molecule has 0 aromatic heterocycles. The van der Waals surface area contributed by atoms with E-state index >= 15 is 4.39 Å². The maximum Gasteiger partial charge on any atom is 0.301 e. The molecule has 24 aliphatic rings. The molecule has 4 saturated heterocycles. The molecule has 4 aliphatic heterocycles. The smallest absolute Gasteiger partial charge is 0.301 e. The van der Waals surface area contributed by atoms with E-state index in [0.717, 1.165) is 145 Å². The summed E-state index contributed by atoms with van der Waals surface area (Å²) in [4.78, 5) is 74.5. The van der Waals surface area contributed by atoms with Crippen molar-refractivity contribution in [3.8, 4) is 0 Å². The third-order valence-corrected chi connectivity index (χ3v) is 29.9. The van der Waals surface area contributed by atoms with Gasteiger partial charge in [0.25, 0.3) is 0 Å². The Morgan fingerprint density at radius 2 is 0.667 bits per heavy atom. The Kier molecular flexibility index (Phi) is 13.7. The molecule has 0 radical (unpaired) electrons. The number of likely N-dealkylation sites (tertiary alicyclic amines) is 4. The second-order valence-corrected chi connectivity index (χ2v) is 35.9. The van der Waals surface area contributed by atoms with Crippen LogP contribution in [-0.2, 0) is 19.2 Å². The van der Waals surface area contributed by atoms with Crippen molar-refractivity contribution in [2.24, 2.45) is 134 Å². The molecule has 20 saturated carbocycles. The molecule has 90 heavy (non-hydrogen) atoms. The second-order valence-electron chi connectivity index (χ2n) is 35.9. The first-order chi connectivity index (χ1) is 43.1. The lowest BCUT2D eigenvalue weighted by Crippen LogP contribution is -2.64. The standard InChI is InChI=1S/C18H24FN3O.C18H25N3O2.2C18H25N3O/c1-21-14-4-12-3-13(12)22(14)16(23)15(20)17-5-10-2-11(6-17)8-18(19,7-10)9-17;1-20-14-4-12-3-13(12)21(14)16(22)15(19)17-5-10-2-11(6-17)8-18(23,7-10)9-17;1-20-15-6-13-5-14(13)21(15)17(22)16(19)18-7-10-2-11(8-18)4-12(3-10)9-18;1-20-15-8-11-7-14(11)21(15)18(22)17(19)16-12-3-9-2-10(5-12)6-13(16)4-9/h10-15H,2-9,20H2;10-15,23H,2-9,19H2;10-16H,2-9,19H2;9-17H,2-8,19H2/t2*10?,11?,12-,13-,14-,15+,17?,18?;10?,11?,12?,13-,14-,15-,16+,18?;9?,10?,11-,12?,13?,14-,15-,16?,17-/m0000/s1. The summed E-state index contributed by atoms with van der Waals surface area (Å²) in [6, 6.07) is -0.676. The Hall–Kier alpha value is -4.43. The van der Waals surface area contributed by atoms with Gasteiger partial charge in [0.1, 0.15) is 5.67 Å². The van der Waals surface area contributed by atoms with Gasteiger partial charge in [0.05, 0.1) is 29.8 Å². The van der Waals surface area contributed by atoms with Gasteiger partial charge < -0.3 is 28.0 Å². The monoisotopic (exact) mass is 1230 g/mol. The molecule has 4 unspecified atom stereocenters. The van der Waals surface area contributed by atoms with Crippen LogP contribution in [0.15, 0.2) is 0 Å². The number of rotatable bonds is 8. The Balaban J connectivity index is 0.0000000925. The molecule has 4 amide bonds. The summed E-state index contributed by atoms with van der Waals surface area (Å²) in [6.07, 6.45) is 31.2. The summed E-state index contributed by atoms with van der Waals surface area (Å²) in [5, 5.41) is 10.9. The fraction of sp³-hybridized carbons (Fsp3) is 0.889. The largest absolute Gasteiger partial charge is 0.390 e. The lowest BCUT2D eigenvalue weighted by atomic mass is 9.46. The van der Waals surface area contributed by atoms with Gasteiger partial charge in [-0.15, -0.1) is 0 Å². The number of carbonyl (C=O) groups is 4. The minimum absolute atomic E-state index is 0.0125. The molecule has 20 aliphatic carbocycles. The van der Waals surface area contributed by atoms with Crippen molar-refractivity contribution in [1.29, 1.82) is 0 Å². The number of alkyl halides is 1. The van der Waals surface area contributed by atoms with Crippen LogP contribution in [0.25, 0.3) is 19.4 Å². The summed E-state index contributed by atoms with van der Waals surface area (Å²) in [7, 11) is 0. The molecule has 0 aromatic rings. The number of hydrogen-bond acceptors (Lipinski definition) is 9. The highest BCUT2D eigenvalue weighted by atomic mass is 19.1. The number of halogens is 1. The number of piperidine rings is 4. The van der Waals surface area contributed by atoms with Crippen molar-refractivity contribution in [3.63, 3.8) is 0 Å². The molecule has 484 valence electrons. The second kappa shape index (κ2) is 20.8. The normalized spacial score (nSPS) is 53.0. The minimum Gasteiger partial charge on any atom is -0.390 e. The van der Waals surface area contributed by atoms with Crippen LogP contribution in [0.1, 0.15) is 199 Å². The number of fused-ring (bicyclic) bond motifs is 4. The Morgan fingerprint density at radius 3 is 1.01 bits per heavy atom. The summed E-state index contributed by atoms with van der Waals surface area (Å²) in [5.41, 5.74) is 24.0. The molecule has 0 spiro atoms. The maximum atomic E-state index is 15.1. The number of aliphatic hydroxyl groups is 1. The first-order valence-electron chi connectivity index (χ1n) is 36.3. The van der Waals surface area contributed by atoms with Gasteiger partial charge in [0, 0.05) is 49.9 Å². The van der Waals surface area contributed by atoms with E-state index in [0.29, 0.717) is 103 Å². The summed E-state index contributed by atoms with van der Waals surface area (Å²) >= 11 is 0.